The van der Waals surface area contributed by atoms with Crippen LogP contribution in [0.2, 0.25) is 0 Å². The second-order valence-corrected chi connectivity index (χ2v) is 5.86. The lowest BCUT2D eigenvalue weighted by Gasteiger charge is -2.20. The lowest BCUT2D eigenvalue weighted by atomic mass is 9.85. The third kappa shape index (κ3) is 2.59. The first-order valence-electron chi connectivity index (χ1n) is 6.55. The highest BCUT2D eigenvalue weighted by Gasteiger charge is 2.22. The molecule has 0 aliphatic heterocycles. The van der Waals surface area contributed by atoms with Gasteiger partial charge in [0.2, 0.25) is 5.78 Å². The SMILES string of the molecule is COc1ccc(C(C)(C)C)cc1C(=O)c1nccn1C. The molecule has 1 heterocycles. The van der Waals surface area contributed by atoms with Gasteiger partial charge in [0, 0.05) is 19.4 Å². The number of imidazole rings is 1. The number of ether oxygens (including phenoxy) is 1. The van der Waals surface area contributed by atoms with Gasteiger partial charge >= 0.3 is 0 Å². The van der Waals surface area contributed by atoms with Gasteiger partial charge in [-0.2, -0.15) is 0 Å². The van der Waals surface area contributed by atoms with E-state index >= 15 is 0 Å². The van der Waals surface area contributed by atoms with E-state index in [0.29, 0.717) is 17.1 Å². The zero-order valence-electron chi connectivity index (χ0n) is 12.6. The van der Waals surface area contributed by atoms with Crippen molar-refractivity contribution in [1.29, 1.82) is 0 Å². The van der Waals surface area contributed by atoms with Crippen LogP contribution < -0.4 is 4.74 Å². The summed E-state index contributed by atoms with van der Waals surface area (Å²) in [5.74, 6) is 0.862. The zero-order valence-corrected chi connectivity index (χ0v) is 12.6. The van der Waals surface area contributed by atoms with Crippen molar-refractivity contribution in [3.05, 3.63) is 47.5 Å². The Labute approximate surface area is 119 Å². The van der Waals surface area contributed by atoms with Gasteiger partial charge in [-0.1, -0.05) is 26.8 Å². The van der Waals surface area contributed by atoms with Crippen LogP contribution in [0.3, 0.4) is 0 Å². The van der Waals surface area contributed by atoms with Crippen molar-refractivity contribution in [1.82, 2.24) is 9.55 Å². The number of carbonyl (C=O) groups excluding carboxylic acids is 1. The maximum atomic E-state index is 12.6. The molecule has 0 atom stereocenters. The van der Waals surface area contributed by atoms with Crippen molar-refractivity contribution in [3.63, 3.8) is 0 Å². The summed E-state index contributed by atoms with van der Waals surface area (Å²) in [5.41, 5.74) is 1.62. The molecule has 0 spiro atoms. The second-order valence-electron chi connectivity index (χ2n) is 5.86. The minimum absolute atomic E-state index is 0.0249. The van der Waals surface area contributed by atoms with Crippen molar-refractivity contribution < 1.29 is 9.53 Å². The van der Waals surface area contributed by atoms with E-state index in [9.17, 15) is 4.79 Å². The molecule has 2 aromatic rings. The Bertz CT molecular complexity index is 636. The smallest absolute Gasteiger partial charge is 0.232 e. The van der Waals surface area contributed by atoms with E-state index in [4.69, 9.17) is 4.74 Å². The standard InChI is InChI=1S/C16H20N2O2/c1-16(2,3)11-6-7-13(20-5)12(10-11)14(19)15-17-8-9-18(15)4/h6-10H,1-5H3. The van der Waals surface area contributed by atoms with Crippen LogP contribution in [0, 0.1) is 0 Å². The highest BCUT2D eigenvalue weighted by atomic mass is 16.5. The number of aromatic nitrogens is 2. The Morgan fingerprint density at radius 3 is 2.50 bits per heavy atom. The maximum absolute atomic E-state index is 12.6. The summed E-state index contributed by atoms with van der Waals surface area (Å²) in [6.07, 6.45) is 3.38. The monoisotopic (exact) mass is 272 g/mol. The molecule has 0 amide bonds. The Hall–Kier alpha value is -2.10. The highest BCUT2D eigenvalue weighted by molar-refractivity contribution is 6.08. The number of hydrogen-bond acceptors (Lipinski definition) is 3. The molecule has 0 radical (unpaired) electrons. The summed E-state index contributed by atoms with van der Waals surface area (Å²) in [5, 5.41) is 0. The van der Waals surface area contributed by atoms with Crippen LogP contribution in [0.1, 0.15) is 42.5 Å². The van der Waals surface area contributed by atoms with Gasteiger partial charge in [-0.3, -0.25) is 4.79 Å². The lowest BCUT2D eigenvalue weighted by Crippen LogP contribution is -2.15. The van der Waals surface area contributed by atoms with Crippen molar-refractivity contribution in [3.8, 4) is 5.75 Å². The Balaban J connectivity index is 2.54. The fourth-order valence-corrected chi connectivity index (χ4v) is 2.06. The van der Waals surface area contributed by atoms with Gasteiger partial charge in [0.15, 0.2) is 5.82 Å². The van der Waals surface area contributed by atoms with Crippen LogP contribution >= 0.6 is 0 Å². The van der Waals surface area contributed by atoms with Crippen LogP contribution in [0.15, 0.2) is 30.6 Å². The maximum Gasteiger partial charge on any atom is 0.232 e. The van der Waals surface area contributed by atoms with E-state index in [2.05, 4.69) is 25.8 Å². The number of nitrogens with zero attached hydrogens (tertiary/aromatic N) is 2. The van der Waals surface area contributed by atoms with Crippen molar-refractivity contribution in [2.45, 2.75) is 26.2 Å². The molecule has 0 aliphatic rings. The van der Waals surface area contributed by atoms with Crippen LogP contribution in [-0.2, 0) is 12.5 Å². The number of benzene rings is 1. The average molecular weight is 272 g/mol. The number of methoxy groups -OCH3 is 1. The van der Waals surface area contributed by atoms with E-state index in [1.165, 1.54) is 0 Å². The Morgan fingerprint density at radius 1 is 1.30 bits per heavy atom. The normalized spacial score (nSPS) is 11.4. The first-order chi connectivity index (χ1) is 9.34. The molecule has 1 aromatic carbocycles. The van der Waals surface area contributed by atoms with E-state index in [1.54, 1.807) is 31.1 Å². The van der Waals surface area contributed by atoms with Gasteiger partial charge in [0.05, 0.1) is 12.7 Å². The quantitative estimate of drug-likeness (QED) is 0.807. The summed E-state index contributed by atoms with van der Waals surface area (Å²) >= 11 is 0. The Kier molecular flexibility index (Phi) is 3.66. The topological polar surface area (TPSA) is 44.1 Å². The minimum atomic E-state index is -0.125. The van der Waals surface area contributed by atoms with E-state index < -0.39 is 0 Å². The van der Waals surface area contributed by atoms with Gasteiger partial charge in [0.25, 0.3) is 0 Å². The van der Waals surface area contributed by atoms with Crippen molar-refractivity contribution >= 4 is 5.78 Å². The van der Waals surface area contributed by atoms with E-state index in [0.717, 1.165) is 5.56 Å². The molecule has 0 saturated carbocycles. The summed E-state index contributed by atoms with van der Waals surface area (Å²) < 4.78 is 7.03. The van der Waals surface area contributed by atoms with Crippen molar-refractivity contribution in [2.75, 3.05) is 7.11 Å². The molecule has 4 heteroatoms. The molecule has 106 valence electrons. The fourth-order valence-electron chi connectivity index (χ4n) is 2.06. The summed E-state index contributed by atoms with van der Waals surface area (Å²) in [4.78, 5) is 16.7. The molecule has 20 heavy (non-hydrogen) atoms. The van der Waals surface area contributed by atoms with Crippen LogP contribution in [0.25, 0.3) is 0 Å². The number of hydrogen-bond donors (Lipinski definition) is 0. The van der Waals surface area contributed by atoms with Gasteiger partial charge in [-0.05, 0) is 23.1 Å². The Morgan fingerprint density at radius 2 is 2.00 bits per heavy atom. The largest absolute Gasteiger partial charge is 0.496 e. The molecular weight excluding hydrogens is 252 g/mol. The molecule has 1 aromatic heterocycles. The first-order valence-corrected chi connectivity index (χ1v) is 6.55. The van der Waals surface area contributed by atoms with Gasteiger partial charge in [0.1, 0.15) is 5.75 Å². The van der Waals surface area contributed by atoms with Gasteiger partial charge < -0.3 is 9.30 Å². The van der Waals surface area contributed by atoms with E-state index in [-0.39, 0.29) is 11.2 Å². The zero-order chi connectivity index (χ0) is 14.9. The van der Waals surface area contributed by atoms with E-state index in [1.807, 2.05) is 18.2 Å². The second kappa shape index (κ2) is 5.12. The number of rotatable bonds is 3. The lowest BCUT2D eigenvalue weighted by molar-refractivity contribution is 0.102. The predicted molar refractivity (Wildman–Crippen MR) is 78.3 cm³/mol. The minimum Gasteiger partial charge on any atom is -0.496 e. The molecule has 0 unspecified atom stereocenters. The molecule has 0 aliphatic carbocycles. The molecule has 0 N–H and O–H groups in total. The molecular formula is C16H20N2O2. The van der Waals surface area contributed by atoms with Crippen LogP contribution in [0.5, 0.6) is 5.75 Å². The summed E-state index contributed by atoms with van der Waals surface area (Å²) in [7, 11) is 3.38. The fraction of sp³-hybridized carbons (Fsp3) is 0.375. The first kappa shape index (κ1) is 14.3. The number of carbonyl (C=O) groups is 1. The summed E-state index contributed by atoms with van der Waals surface area (Å²) in [6.45, 7) is 6.34. The third-order valence-corrected chi connectivity index (χ3v) is 3.33. The molecule has 4 nitrogen and oxygen atoms in total. The number of aryl methyl sites for hydroxylation is 1. The molecule has 2 rings (SSSR count). The molecule has 0 bridgehead atoms. The average Bonchev–Trinajstić information content (AvgIpc) is 2.82. The third-order valence-electron chi connectivity index (χ3n) is 3.33. The highest BCUT2D eigenvalue weighted by Crippen LogP contribution is 2.29. The molecule has 0 saturated heterocycles. The predicted octanol–water partition coefficient (Wildman–Crippen LogP) is 2.96. The number of ketones is 1. The molecule has 0 fully saturated rings. The van der Waals surface area contributed by atoms with Gasteiger partial charge in [-0.15, -0.1) is 0 Å². The summed E-state index contributed by atoms with van der Waals surface area (Å²) in [6, 6.07) is 5.74. The van der Waals surface area contributed by atoms with Gasteiger partial charge in [-0.25, -0.2) is 4.98 Å². The van der Waals surface area contributed by atoms with Crippen molar-refractivity contribution in [2.24, 2.45) is 7.05 Å². The van der Waals surface area contributed by atoms with Crippen LogP contribution in [0.4, 0.5) is 0 Å². The van der Waals surface area contributed by atoms with Crippen LogP contribution in [-0.4, -0.2) is 22.4 Å².